The van der Waals surface area contributed by atoms with Gasteiger partial charge in [-0.05, 0) is 46.3 Å². The topological polar surface area (TPSA) is 66.8 Å². The van der Waals surface area contributed by atoms with Crippen molar-refractivity contribution in [2.45, 2.75) is 39.7 Å². The lowest BCUT2D eigenvalue weighted by Gasteiger charge is -2.31. The molecule has 1 heterocycles. The second-order valence-corrected chi connectivity index (χ2v) is 7.51. The van der Waals surface area contributed by atoms with Crippen LogP contribution in [0.1, 0.15) is 54.7 Å². The molecule has 3 rings (SSSR count). The standard InChI is InChI=1S/C23H24O4/c1-14(2)10-11-16-20(25)18(19(24)15-8-6-5-7-9-15)21(26)17-12-13-23(3,4)27-22(16)17/h5-10,12-13,25-26H,11H2,1-4H3. The van der Waals surface area contributed by atoms with Gasteiger partial charge in [0, 0.05) is 11.1 Å². The minimum atomic E-state index is -0.573. The molecule has 0 saturated carbocycles. The number of aromatic hydroxyl groups is 2. The number of ketones is 1. The van der Waals surface area contributed by atoms with Crippen molar-refractivity contribution in [2.75, 3.05) is 0 Å². The molecule has 0 fully saturated rings. The summed E-state index contributed by atoms with van der Waals surface area (Å²) >= 11 is 0. The van der Waals surface area contributed by atoms with Crippen molar-refractivity contribution in [3.05, 3.63) is 70.3 Å². The molecule has 4 heteroatoms. The number of phenols is 2. The predicted octanol–water partition coefficient (Wildman–Crippen LogP) is 5.02. The van der Waals surface area contributed by atoms with Crippen LogP contribution in [0.25, 0.3) is 6.08 Å². The van der Waals surface area contributed by atoms with E-state index in [1.807, 2.05) is 45.9 Å². The summed E-state index contributed by atoms with van der Waals surface area (Å²) in [7, 11) is 0. The molecule has 0 amide bonds. The summed E-state index contributed by atoms with van der Waals surface area (Å²) in [5.74, 6) is -0.502. The minimum Gasteiger partial charge on any atom is -0.507 e. The Bertz CT molecular complexity index is 946. The third kappa shape index (κ3) is 3.61. The van der Waals surface area contributed by atoms with Gasteiger partial charge in [0.15, 0.2) is 0 Å². The van der Waals surface area contributed by atoms with Gasteiger partial charge in [0.05, 0.1) is 5.56 Å². The van der Waals surface area contributed by atoms with E-state index in [4.69, 9.17) is 4.74 Å². The normalized spacial score (nSPS) is 14.2. The van der Waals surface area contributed by atoms with Gasteiger partial charge in [0.1, 0.15) is 28.4 Å². The van der Waals surface area contributed by atoms with Crippen LogP contribution in [0.15, 0.2) is 48.1 Å². The summed E-state index contributed by atoms with van der Waals surface area (Å²) in [6, 6.07) is 8.62. The molecule has 2 aromatic carbocycles. The molecule has 0 saturated heterocycles. The molecule has 0 unspecified atom stereocenters. The molecule has 1 aliphatic heterocycles. The number of phenolic OH excluding ortho intramolecular Hbond substituents is 2. The van der Waals surface area contributed by atoms with Crippen LogP contribution in [-0.4, -0.2) is 21.6 Å². The van der Waals surface area contributed by atoms with Gasteiger partial charge in [-0.2, -0.15) is 0 Å². The van der Waals surface area contributed by atoms with Crippen molar-refractivity contribution >= 4 is 11.9 Å². The number of hydrogen-bond donors (Lipinski definition) is 2. The van der Waals surface area contributed by atoms with E-state index in [1.165, 1.54) is 0 Å². The van der Waals surface area contributed by atoms with Gasteiger partial charge >= 0.3 is 0 Å². The Kier molecular flexibility index (Phi) is 4.83. The lowest BCUT2D eigenvalue weighted by atomic mass is 9.90. The molecular formula is C23H24O4. The Balaban J connectivity index is 2.25. The van der Waals surface area contributed by atoms with Gasteiger partial charge in [0.25, 0.3) is 0 Å². The van der Waals surface area contributed by atoms with Crippen molar-refractivity contribution in [1.82, 2.24) is 0 Å². The molecular weight excluding hydrogens is 340 g/mol. The molecule has 0 radical (unpaired) electrons. The third-order valence-corrected chi connectivity index (χ3v) is 4.53. The lowest BCUT2D eigenvalue weighted by molar-refractivity contribution is 0.103. The van der Waals surface area contributed by atoms with Crippen LogP contribution in [0.2, 0.25) is 0 Å². The summed E-state index contributed by atoms with van der Waals surface area (Å²) in [6.45, 7) is 7.72. The molecule has 4 nitrogen and oxygen atoms in total. The zero-order valence-corrected chi connectivity index (χ0v) is 16.0. The molecule has 2 N–H and O–H groups in total. The first kappa shape index (κ1) is 18.8. The van der Waals surface area contributed by atoms with E-state index in [0.29, 0.717) is 28.9 Å². The van der Waals surface area contributed by atoms with Crippen LogP contribution in [0.5, 0.6) is 17.2 Å². The zero-order valence-electron chi connectivity index (χ0n) is 16.0. The van der Waals surface area contributed by atoms with Crippen LogP contribution < -0.4 is 4.74 Å². The Labute approximate surface area is 159 Å². The van der Waals surface area contributed by atoms with E-state index in [2.05, 4.69) is 0 Å². The lowest BCUT2D eigenvalue weighted by Crippen LogP contribution is -2.28. The summed E-state index contributed by atoms with van der Waals surface area (Å²) in [4.78, 5) is 13.0. The number of allylic oxidation sites excluding steroid dienone is 2. The van der Waals surface area contributed by atoms with Crippen molar-refractivity contribution in [3.63, 3.8) is 0 Å². The fourth-order valence-electron chi connectivity index (χ4n) is 3.07. The van der Waals surface area contributed by atoms with Gasteiger partial charge in [-0.3, -0.25) is 4.79 Å². The number of fused-ring (bicyclic) bond motifs is 1. The van der Waals surface area contributed by atoms with Crippen molar-refractivity contribution in [1.29, 1.82) is 0 Å². The number of rotatable bonds is 4. The first-order chi connectivity index (χ1) is 12.7. The molecule has 0 atom stereocenters. The summed E-state index contributed by atoms with van der Waals surface area (Å²) in [5, 5.41) is 21.7. The first-order valence-corrected chi connectivity index (χ1v) is 8.93. The number of hydrogen-bond acceptors (Lipinski definition) is 4. The highest BCUT2D eigenvalue weighted by atomic mass is 16.5. The second-order valence-electron chi connectivity index (χ2n) is 7.51. The third-order valence-electron chi connectivity index (χ3n) is 4.53. The molecule has 1 aliphatic rings. The number of benzene rings is 2. The van der Waals surface area contributed by atoms with Gasteiger partial charge in [-0.15, -0.1) is 0 Å². The van der Waals surface area contributed by atoms with Crippen LogP contribution in [0.4, 0.5) is 0 Å². The van der Waals surface area contributed by atoms with E-state index in [-0.39, 0.29) is 17.1 Å². The van der Waals surface area contributed by atoms with Gasteiger partial charge in [0.2, 0.25) is 5.78 Å². The highest BCUT2D eigenvalue weighted by Crippen LogP contribution is 2.47. The van der Waals surface area contributed by atoms with Gasteiger partial charge < -0.3 is 14.9 Å². The van der Waals surface area contributed by atoms with E-state index >= 15 is 0 Å². The Morgan fingerprint density at radius 1 is 1.11 bits per heavy atom. The molecule has 27 heavy (non-hydrogen) atoms. The average molecular weight is 364 g/mol. The zero-order chi connectivity index (χ0) is 19.8. The SMILES string of the molecule is CC(C)=CCc1c(O)c(C(=O)c2ccccc2)c(O)c2c1OC(C)(C)C=C2. The summed E-state index contributed by atoms with van der Waals surface area (Å²) < 4.78 is 6.04. The minimum absolute atomic E-state index is 0.0925. The maximum absolute atomic E-state index is 13.0. The quantitative estimate of drug-likeness (QED) is 0.590. The van der Waals surface area contributed by atoms with E-state index in [0.717, 1.165) is 5.57 Å². The van der Waals surface area contributed by atoms with E-state index in [1.54, 1.807) is 30.3 Å². The molecule has 0 aliphatic carbocycles. The van der Waals surface area contributed by atoms with Crippen LogP contribution in [-0.2, 0) is 6.42 Å². The molecule has 0 aromatic heterocycles. The van der Waals surface area contributed by atoms with Crippen LogP contribution in [0, 0.1) is 0 Å². The first-order valence-electron chi connectivity index (χ1n) is 8.93. The summed E-state index contributed by atoms with van der Waals surface area (Å²) in [6.07, 6.45) is 5.93. The van der Waals surface area contributed by atoms with Gasteiger partial charge in [-0.25, -0.2) is 0 Å². The molecule has 0 spiro atoms. The molecule has 0 bridgehead atoms. The Morgan fingerprint density at radius 2 is 1.78 bits per heavy atom. The number of ether oxygens (including phenoxy) is 1. The van der Waals surface area contributed by atoms with E-state index < -0.39 is 11.4 Å². The smallest absolute Gasteiger partial charge is 0.200 e. The molecule has 2 aromatic rings. The highest BCUT2D eigenvalue weighted by Gasteiger charge is 2.32. The highest BCUT2D eigenvalue weighted by molar-refractivity contribution is 6.13. The Hall–Kier alpha value is -3.01. The number of carbonyl (C=O) groups excluding carboxylic acids is 1. The largest absolute Gasteiger partial charge is 0.507 e. The summed E-state index contributed by atoms with van der Waals surface area (Å²) in [5.41, 5.74) is 1.74. The fourth-order valence-corrected chi connectivity index (χ4v) is 3.07. The monoisotopic (exact) mass is 364 g/mol. The maximum Gasteiger partial charge on any atom is 0.200 e. The van der Waals surface area contributed by atoms with Crippen molar-refractivity contribution < 1.29 is 19.7 Å². The maximum atomic E-state index is 13.0. The van der Waals surface area contributed by atoms with Gasteiger partial charge in [-0.1, -0.05) is 42.0 Å². The number of carbonyl (C=O) groups is 1. The van der Waals surface area contributed by atoms with Crippen molar-refractivity contribution in [2.24, 2.45) is 0 Å². The predicted molar refractivity (Wildman–Crippen MR) is 107 cm³/mol. The Morgan fingerprint density at radius 3 is 2.41 bits per heavy atom. The van der Waals surface area contributed by atoms with Crippen LogP contribution >= 0.6 is 0 Å². The van der Waals surface area contributed by atoms with E-state index in [9.17, 15) is 15.0 Å². The van der Waals surface area contributed by atoms with Crippen molar-refractivity contribution in [3.8, 4) is 17.2 Å². The fraction of sp³-hybridized carbons (Fsp3) is 0.261. The second kappa shape index (κ2) is 6.95. The average Bonchev–Trinajstić information content (AvgIpc) is 2.61. The molecule has 140 valence electrons. The van der Waals surface area contributed by atoms with Crippen LogP contribution in [0.3, 0.4) is 0 Å².